The van der Waals surface area contributed by atoms with Crippen molar-refractivity contribution in [3.05, 3.63) is 52.7 Å². The van der Waals surface area contributed by atoms with Gasteiger partial charge in [-0.1, -0.05) is 23.7 Å². The van der Waals surface area contributed by atoms with Crippen LogP contribution in [0.4, 0.5) is 5.82 Å². The van der Waals surface area contributed by atoms with Crippen molar-refractivity contribution >= 4 is 17.4 Å². The van der Waals surface area contributed by atoms with Crippen LogP contribution in [0, 0.1) is 6.92 Å². The molecule has 0 aliphatic heterocycles. The molecule has 3 N–H and O–H groups in total. The van der Waals surface area contributed by atoms with Gasteiger partial charge in [-0.2, -0.15) is 0 Å². The van der Waals surface area contributed by atoms with Crippen LogP contribution in [-0.2, 0) is 6.61 Å². The first kappa shape index (κ1) is 12.7. The van der Waals surface area contributed by atoms with Gasteiger partial charge in [-0.15, -0.1) is 0 Å². The Morgan fingerprint density at radius 3 is 2.83 bits per heavy atom. The van der Waals surface area contributed by atoms with Crippen molar-refractivity contribution in [1.29, 1.82) is 0 Å². The Hall–Kier alpha value is -1.78. The molecule has 0 saturated carbocycles. The molecular weight excluding hydrogens is 250 g/mol. The Bertz CT molecular complexity index is 528. The standard InChI is InChI=1S/C13H14ClN3O/c1-9-2-4-11(14)6-12(9)18-8-10-3-5-13(17-15)16-7-10/h2-7H,8,15H2,1H3,(H,16,17). The summed E-state index contributed by atoms with van der Waals surface area (Å²) in [6.45, 7) is 2.42. The first-order chi connectivity index (χ1) is 8.69. The van der Waals surface area contributed by atoms with Crippen LogP contribution >= 0.6 is 11.6 Å². The number of nitrogens with two attached hydrogens (primary N) is 1. The van der Waals surface area contributed by atoms with Crippen LogP contribution in [0.2, 0.25) is 5.02 Å². The molecule has 1 aromatic heterocycles. The third kappa shape index (κ3) is 3.12. The lowest BCUT2D eigenvalue weighted by molar-refractivity contribution is 0.303. The average Bonchev–Trinajstić information content (AvgIpc) is 2.40. The Balaban J connectivity index is 2.04. The maximum absolute atomic E-state index is 5.92. The molecule has 0 amide bonds. The summed E-state index contributed by atoms with van der Waals surface area (Å²) in [6, 6.07) is 9.27. The summed E-state index contributed by atoms with van der Waals surface area (Å²) in [7, 11) is 0. The lowest BCUT2D eigenvalue weighted by atomic mass is 10.2. The van der Waals surface area contributed by atoms with Crippen molar-refractivity contribution in [1.82, 2.24) is 4.98 Å². The summed E-state index contributed by atoms with van der Waals surface area (Å²) >= 11 is 5.92. The molecule has 0 aliphatic carbocycles. The first-order valence-electron chi connectivity index (χ1n) is 5.49. The molecule has 0 fully saturated rings. The minimum atomic E-state index is 0.443. The second-order valence-corrected chi connectivity index (χ2v) is 4.33. The fourth-order valence-corrected chi connectivity index (χ4v) is 1.65. The maximum atomic E-state index is 5.92. The van der Waals surface area contributed by atoms with Crippen LogP contribution in [-0.4, -0.2) is 4.98 Å². The summed E-state index contributed by atoms with van der Waals surface area (Å²) in [5.41, 5.74) is 4.49. The number of benzene rings is 1. The number of anilines is 1. The van der Waals surface area contributed by atoms with Crippen molar-refractivity contribution in [2.45, 2.75) is 13.5 Å². The van der Waals surface area contributed by atoms with Gasteiger partial charge >= 0.3 is 0 Å². The largest absolute Gasteiger partial charge is 0.489 e. The number of nitrogens with one attached hydrogen (secondary N) is 1. The van der Waals surface area contributed by atoms with E-state index in [0.717, 1.165) is 16.9 Å². The van der Waals surface area contributed by atoms with Crippen molar-refractivity contribution in [3.8, 4) is 5.75 Å². The summed E-state index contributed by atoms with van der Waals surface area (Å²) in [4.78, 5) is 4.11. The molecule has 0 atom stereocenters. The van der Waals surface area contributed by atoms with Crippen LogP contribution in [0.1, 0.15) is 11.1 Å². The molecule has 0 unspecified atom stereocenters. The second-order valence-electron chi connectivity index (χ2n) is 3.89. The number of hydrazine groups is 1. The number of nitrogens with zero attached hydrogens (tertiary/aromatic N) is 1. The smallest absolute Gasteiger partial charge is 0.139 e. The molecule has 0 spiro atoms. The van der Waals surface area contributed by atoms with Gasteiger partial charge in [0, 0.05) is 16.8 Å². The van der Waals surface area contributed by atoms with Gasteiger partial charge in [0.1, 0.15) is 18.2 Å². The number of aryl methyl sites for hydroxylation is 1. The van der Waals surface area contributed by atoms with Gasteiger partial charge < -0.3 is 10.2 Å². The minimum Gasteiger partial charge on any atom is -0.489 e. The van der Waals surface area contributed by atoms with E-state index < -0.39 is 0 Å². The van der Waals surface area contributed by atoms with E-state index >= 15 is 0 Å². The van der Waals surface area contributed by atoms with E-state index in [2.05, 4.69) is 10.4 Å². The number of halogens is 1. The molecule has 94 valence electrons. The van der Waals surface area contributed by atoms with E-state index in [-0.39, 0.29) is 0 Å². The zero-order valence-corrected chi connectivity index (χ0v) is 10.7. The number of hydrogen-bond acceptors (Lipinski definition) is 4. The Labute approximate surface area is 111 Å². The van der Waals surface area contributed by atoms with E-state index in [1.165, 1.54) is 0 Å². The second kappa shape index (κ2) is 5.71. The maximum Gasteiger partial charge on any atom is 0.139 e. The Morgan fingerprint density at radius 1 is 1.33 bits per heavy atom. The molecule has 0 aliphatic rings. The molecule has 1 aromatic carbocycles. The van der Waals surface area contributed by atoms with Gasteiger partial charge in [-0.25, -0.2) is 10.8 Å². The van der Waals surface area contributed by atoms with E-state index in [4.69, 9.17) is 22.2 Å². The predicted octanol–water partition coefficient (Wildman–Crippen LogP) is 2.91. The molecule has 0 bridgehead atoms. The normalized spacial score (nSPS) is 10.2. The molecule has 0 radical (unpaired) electrons. The number of nitrogen functional groups attached to an aromatic ring is 1. The SMILES string of the molecule is Cc1ccc(Cl)cc1OCc1ccc(NN)nc1. The van der Waals surface area contributed by atoms with Crippen LogP contribution in [0.25, 0.3) is 0 Å². The topological polar surface area (TPSA) is 60.2 Å². The Kier molecular flexibility index (Phi) is 4.02. The fourth-order valence-electron chi connectivity index (χ4n) is 1.49. The highest BCUT2D eigenvalue weighted by atomic mass is 35.5. The highest BCUT2D eigenvalue weighted by Gasteiger charge is 2.02. The van der Waals surface area contributed by atoms with Crippen LogP contribution in [0.3, 0.4) is 0 Å². The first-order valence-corrected chi connectivity index (χ1v) is 5.87. The van der Waals surface area contributed by atoms with E-state index in [1.807, 2.05) is 25.1 Å². The van der Waals surface area contributed by atoms with Crippen molar-refractivity contribution in [3.63, 3.8) is 0 Å². The molecule has 0 saturated heterocycles. The van der Waals surface area contributed by atoms with Gasteiger partial charge in [-0.3, -0.25) is 0 Å². The molecular formula is C13H14ClN3O. The number of ether oxygens (including phenoxy) is 1. The van der Waals surface area contributed by atoms with Gasteiger partial charge in [-0.05, 0) is 30.7 Å². The molecule has 2 aromatic rings. The van der Waals surface area contributed by atoms with Crippen molar-refractivity contribution in [2.75, 3.05) is 5.43 Å². The Morgan fingerprint density at radius 2 is 2.17 bits per heavy atom. The summed E-state index contributed by atoms with van der Waals surface area (Å²) in [5.74, 6) is 6.65. The van der Waals surface area contributed by atoms with Crippen LogP contribution < -0.4 is 16.0 Å². The van der Waals surface area contributed by atoms with Gasteiger partial charge in [0.15, 0.2) is 0 Å². The zero-order valence-electron chi connectivity index (χ0n) is 9.98. The number of pyridine rings is 1. The molecule has 5 heteroatoms. The van der Waals surface area contributed by atoms with Gasteiger partial charge in [0.25, 0.3) is 0 Å². The van der Waals surface area contributed by atoms with E-state index in [9.17, 15) is 0 Å². The number of hydrogen-bond donors (Lipinski definition) is 2. The van der Waals surface area contributed by atoms with Crippen molar-refractivity contribution in [2.24, 2.45) is 5.84 Å². The fraction of sp³-hybridized carbons (Fsp3) is 0.154. The summed E-state index contributed by atoms with van der Waals surface area (Å²) in [6.07, 6.45) is 1.72. The zero-order chi connectivity index (χ0) is 13.0. The predicted molar refractivity (Wildman–Crippen MR) is 72.6 cm³/mol. The highest BCUT2D eigenvalue weighted by molar-refractivity contribution is 6.30. The molecule has 1 heterocycles. The van der Waals surface area contributed by atoms with E-state index in [1.54, 1.807) is 18.3 Å². The van der Waals surface area contributed by atoms with Crippen LogP contribution in [0.5, 0.6) is 5.75 Å². The molecule has 2 rings (SSSR count). The third-order valence-corrected chi connectivity index (χ3v) is 2.75. The number of aromatic nitrogens is 1. The summed E-state index contributed by atoms with van der Waals surface area (Å²) in [5, 5.41) is 0.663. The average molecular weight is 264 g/mol. The van der Waals surface area contributed by atoms with E-state index in [0.29, 0.717) is 17.4 Å². The monoisotopic (exact) mass is 263 g/mol. The van der Waals surface area contributed by atoms with Crippen LogP contribution in [0.15, 0.2) is 36.5 Å². The quantitative estimate of drug-likeness (QED) is 0.658. The lowest BCUT2D eigenvalue weighted by Gasteiger charge is -2.09. The van der Waals surface area contributed by atoms with Gasteiger partial charge in [0.2, 0.25) is 0 Å². The van der Waals surface area contributed by atoms with Gasteiger partial charge in [0.05, 0.1) is 0 Å². The number of rotatable bonds is 4. The molecule has 4 nitrogen and oxygen atoms in total. The third-order valence-electron chi connectivity index (χ3n) is 2.52. The highest BCUT2D eigenvalue weighted by Crippen LogP contribution is 2.23. The van der Waals surface area contributed by atoms with Crippen molar-refractivity contribution < 1.29 is 4.74 Å². The molecule has 18 heavy (non-hydrogen) atoms. The lowest BCUT2D eigenvalue weighted by Crippen LogP contribution is -2.08. The minimum absolute atomic E-state index is 0.443. The summed E-state index contributed by atoms with van der Waals surface area (Å²) < 4.78 is 5.70.